The Morgan fingerprint density at radius 3 is 2.82 bits per heavy atom. The van der Waals surface area contributed by atoms with Gasteiger partial charge in [0.05, 0.1) is 22.1 Å². The Balaban J connectivity index is 1.25. The summed E-state index contributed by atoms with van der Waals surface area (Å²) < 4.78 is 1.81. The number of benzene rings is 1. The van der Waals surface area contributed by atoms with Gasteiger partial charge < -0.3 is 10.0 Å². The van der Waals surface area contributed by atoms with Crippen molar-refractivity contribution < 1.29 is 14.7 Å². The minimum Gasteiger partial charge on any atom is -0.478 e. The number of carbonyl (C=O) groups is 2. The third-order valence-corrected chi connectivity index (χ3v) is 5.63. The van der Waals surface area contributed by atoms with Gasteiger partial charge in [-0.15, -0.1) is 16.4 Å². The molecule has 0 aliphatic carbocycles. The number of aryl methyl sites for hydroxylation is 1. The summed E-state index contributed by atoms with van der Waals surface area (Å²) in [6, 6.07) is 6.82. The Labute approximate surface area is 165 Å². The van der Waals surface area contributed by atoms with E-state index < -0.39 is 5.97 Å². The van der Waals surface area contributed by atoms with E-state index in [4.69, 9.17) is 0 Å². The van der Waals surface area contributed by atoms with Crippen molar-refractivity contribution in [3.05, 3.63) is 53.3 Å². The lowest BCUT2D eigenvalue weighted by Gasteiger charge is -2.39. The Morgan fingerprint density at radius 1 is 1.25 bits per heavy atom. The molecule has 9 heteroatoms. The molecular formula is C19H19N5O3S. The summed E-state index contributed by atoms with van der Waals surface area (Å²) in [5.74, 6) is -0.552. The van der Waals surface area contributed by atoms with Crippen LogP contribution in [0, 0.1) is 5.92 Å². The largest absolute Gasteiger partial charge is 0.478 e. The van der Waals surface area contributed by atoms with Gasteiger partial charge in [-0.25, -0.2) is 4.79 Å². The molecule has 1 saturated heterocycles. The maximum absolute atomic E-state index is 12.4. The van der Waals surface area contributed by atoms with Gasteiger partial charge in [0.15, 0.2) is 0 Å². The summed E-state index contributed by atoms with van der Waals surface area (Å²) >= 11 is 1.52. The van der Waals surface area contributed by atoms with Gasteiger partial charge in [-0.3, -0.25) is 14.5 Å². The third kappa shape index (κ3) is 3.94. The van der Waals surface area contributed by atoms with Crippen LogP contribution in [0.2, 0.25) is 0 Å². The van der Waals surface area contributed by atoms with Gasteiger partial charge in [-0.1, -0.05) is 23.4 Å². The maximum Gasteiger partial charge on any atom is 0.335 e. The van der Waals surface area contributed by atoms with Crippen LogP contribution in [0.3, 0.4) is 0 Å². The maximum atomic E-state index is 12.4. The fraction of sp³-hybridized carbons (Fsp3) is 0.316. The number of nitrogens with zero attached hydrogens (tertiary/aromatic N) is 5. The van der Waals surface area contributed by atoms with Crippen molar-refractivity contribution in [3.63, 3.8) is 0 Å². The normalized spacial score (nSPS) is 14.1. The zero-order valence-corrected chi connectivity index (χ0v) is 15.9. The minimum atomic E-state index is -0.961. The molecule has 144 valence electrons. The highest BCUT2D eigenvalue weighted by Gasteiger charge is 2.31. The molecular weight excluding hydrogens is 378 g/mol. The Kier molecular flexibility index (Phi) is 5.16. The van der Waals surface area contributed by atoms with Gasteiger partial charge in [0.1, 0.15) is 5.69 Å². The molecule has 28 heavy (non-hydrogen) atoms. The second-order valence-electron chi connectivity index (χ2n) is 6.82. The third-order valence-electron chi connectivity index (χ3n) is 4.83. The fourth-order valence-corrected chi connectivity index (χ4v) is 3.91. The Bertz CT molecular complexity index is 979. The molecule has 0 bridgehead atoms. The average molecular weight is 397 g/mol. The molecule has 0 spiro atoms. The zero-order chi connectivity index (χ0) is 19.5. The number of likely N-dealkylation sites (tertiary alicyclic amines) is 1. The van der Waals surface area contributed by atoms with Gasteiger partial charge in [0.25, 0.3) is 0 Å². The van der Waals surface area contributed by atoms with Gasteiger partial charge in [-0.05, 0) is 18.1 Å². The fourth-order valence-electron chi connectivity index (χ4n) is 3.34. The number of aromatic nitrogens is 4. The first-order chi connectivity index (χ1) is 13.6. The molecule has 0 radical (unpaired) electrons. The molecule has 1 aliphatic heterocycles. The first-order valence-corrected chi connectivity index (χ1v) is 9.86. The number of carboxylic acid groups (broad SMARTS) is 1. The number of rotatable bonds is 7. The predicted molar refractivity (Wildman–Crippen MR) is 103 cm³/mol. The van der Waals surface area contributed by atoms with Crippen LogP contribution in [0.5, 0.6) is 0 Å². The molecule has 0 atom stereocenters. The highest BCUT2D eigenvalue weighted by atomic mass is 32.1. The van der Waals surface area contributed by atoms with E-state index in [0.717, 1.165) is 17.1 Å². The highest BCUT2D eigenvalue weighted by molar-refractivity contribution is 7.13. The summed E-state index contributed by atoms with van der Waals surface area (Å²) in [5.41, 5.74) is 3.53. The van der Waals surface area contributed by atoms with Crippen molar-refractivity contribution in [1.29, 1.82) is 0 Å². The molecule has 4 rings (SSSR count). The van der Waals surface area contributed by atoms with Crippen molar-refractivity contribution in [3.8, 4) is 10.6 Å². The molecule has 2 aromatic heterocycles. The second kappa shape index (κ2) is 7.89. The number of thiazole rings is 1. The number of carbonyl (C=O) groups excluding carboxylic acids is 1. The summed E-state index contributed by atoms with van der Waals surface area (Å²) in [6.07, 6.45) is 4.42. The molecule has 0 unspecified atom stereocenters. The van der Waals surface area contributed by atoms with Crippen molar-refractivity contribution in [1.82, 2.24) is 24.9 Å². The molecule has 8 nitrogen and oxygen atoms in total. The van der Waals surface area contributed by atoms with Gasteiger partial charge in [0.2, 0.25) is 5.91 Å². The molecule has 1 aliphatic rings. The smallest absolute Gasteiger partial charge is 0.335 e. The number of aromatic carboxylic acids is 1. The highest BCUT2D eigenvalue weighted by Crippen LogP contribution is 2.23. The lowest BCUT2D eigenvalue weighted by molar-refractivity contribution is -0.137. The van der Waals surface area contributed by atoms with Gasteiger partial charge in [0, 0.05) is 38.2 Å². The molecule has 1 amide bonds. The van der Waals surface area contributed by atoms with Crippen LogP contribution in [0.15, 0.2) is 42.2 Å². The number of hydrogen-bond acceptors (Lipinski definition) is 6. The summed E-state index contributed by atoms with van der Waals surface area (Å²) in [5, 5.41) is 17.5. The monoisotopic (exact) mass is 397 g/mol. The van der Waals surface area contributed by atoms with Gasteiger partial charge >= 0.3 is 5.97 Å². The predicted octanol–water partition coefficient (Wildman–Crippen LogP) is 2.19. The quantitative estimate of drug-likeness (QED) is 0.656. The first kappa shape index (κ1) is 18.3. The average Bonchev–Trinajstić information content (AvgIpc) is 3.34. The van der Waals surface area contributed by atoms with Crippen molar-refractivity contribution in [2.45, 2.75) is 19.4 Å². The van der Waals surface area contributed by atoms with Crippen molar-refractivity contribution >= 4 is 23.2 Å². The second-order valence-corrected chi connectivity index (χ2v) is 7.70. The SMILES string of the molecule is O=C(O)c1ccccc1CCC(=O)N1CC(Cn2cc(-c3cncs3)nn2)C1. The van der Waals surface area contributed by atoms with E-state index in [-0.39, 0.29) is 11.5 Å². The Morgan fingerprint density at radius 2 is 2.07 bits per heavy atom. The number of carboxylic acids is 1. The molecule has 1 N–H and O–H groups in total. The van der Waals surface area contributed by atoms with E-state index in [1.165, 1.54) is 11.3 Å². The Hall–Kier alpha value is -3.07. The van der Waals surface area contributed by atoms with E-state index >= 15 is 0 Å². The molecule has 3 heterocycles. The summed E-state index contributed by atoms with van der Waals surface area (Å²) in [7, 11) is 0. The van der Waals surface area contributed by atoms with Crippen LogP contribution in [-0.2, 0) is 17.8 Å². The topological polar surface area (TPSA) is 101 Å². The van der Waals surface area contributed by atoms with Crippen LogP contribution in [0.1, 0.15) is 22.3 Å². The lowest BCUT2D eigenvalue weighted by atomic mass is 9.98. The number of hydrogen-bond donors (Lipinski definition) is 1. The van der Waals surface area contributed by atoms with Crippen LogP contribution < -0.4 is 0 Å². The zero-order valence-electron chi connectivity index (χ0n) is 15.1. The number of amides is 1. The lowest BCUT2D eigenvalue weighted by Crippen LogP contribution is -2.51. The van der Waals surface area contributed by atoms with Crippen molar-refractivity contribution in [2.75, 3.05) is 13.1 Å². The molecule has 1 fully saturated rings. The van der Waals surface area contributed by atoms with E-state index in [2.05, 4.69) is 15.3 Å². The molecule has 3 aromatic rings. The molecule has 1 aromatic carbocycles. The first-order valence-electron chi connectivity index (χ1n) is 8.98. The van der Waals surface area contributed by atoms with Crippen LogP contribution in [-0.4, -0.2) is 55.0 Å². The summed E-state index contributed by atoms with van der Waals surface area (Å²) in [6.45, 7) is 2.10. The molecule has 0 saturated carbocycles. The minimum absolute atomic E-state index is 0.0559. The standard InChI is InChI=1S/C19H19N5O3S/c25-18(6-5-14-3-1-2-4-15(14)19(26)27)23-8-13(9-23)10-24-11-16(21-22-24)17-7-20-12-28-17/h1-4,7,11-13H,5-6,8-10H2,(H,26,27). The van der Waals surface area contributed by atoms with Crippen LogP contribution >= 0.6 is 11.3 Å². The van der Waals surface area contributed by atoms with E-state index in [9.17, 15) is 14.7 Å². The van der Waals surface area contributed by atoms with Crippen LogP contribution in [0.4, 0.5) is 0 Å². The van der Waals surface area contributed by atoms with Crippen molar-refractivity contribution in [2.24, 2.45) is 5.92 Å². The van der Waals surface area contributed by atoms with E-state index in [1.807, 2.05) is 15.8 Å². The van der Waals surface area contributed by atoms with Gasteiger partial charge in [-0.2, -0.15) is 0 Å². The van der Waals surface area contributed by atoms with Crippen LogP contribution in [0.25, 0.3) is 10.6 Å². The van der Waals surface area contributed by atoms with E-state index in [0.29, 0.717) is 37.4 Å². The summed E-state index contributed by atoms with van der Waals surface area (Å²) in [4.78, 5) is 30.5. The van der Waals surface area contributed by atoms with E-state index in [1.54, 1.807) is 36.0 Å².